The van der Waals surface area contributed by atoms with Crippen molar-refractivity contribution in [3.05, 3.63) is 23.9 Å². The Balaban J connectivity index is 2.64. The topological polar surface area (TPSA) is 48.7 Å². The number of nitrogens with one attached hydrogen (secondary N) is 1. The second-order valence-electron chi connectivity index (χ2n) is 3.20. The first-order chi connectivity index (χ1) is 7.30. The molecule has 1 aromatic heterocycles. The van der Waals surface area contributed by atoms with Crippen molar-refractivity contribution in [2.75, 3.05) is 5.32 Å². The Labute approximate surface area is 90.1 Å². The first-order valence-corrected chi connectivity index (χ1v) is 4.86. The number of terminal acetylenes is 1. The van der Waals surface area contributed by atoms with Gasteiger partial charge in [0.05, 0.1) is 5.56 Å². The maximum Gasteiger partial charge on any atom is 0.126 e. The quantitative estimate of drug-likeness (QED) is 0.756. The largest absolute Gasteiger partial charge is 0.366 e. The Morgan fingerprint density at radius 1 is 1.60 bits per heavy atom. The van der Waals surface area contributed by atoms with Gasteiger partial charge in [0.15, 0.2) is 0 Å². The van der Waals surface area contributed by atoms with Gasteiger partial charge in [-0.05, 0) is 18.6 Å². The number of rotatable bonds is 4. The predicted octanol–water partition coefficient (Wildman–Crippen LogP) is 2.17. The lowest BCUT2D eigenvalue weighted by Crippen LogP contribution is -2.18. The van der Waals surface area contributed by atoms with Crippen molar-refractivity contribution in [2.24, 2.45) is 0 Å². The molecule has 1 unspecified atom stereocenters. The number of pyridine rings is 1. The highest BCUT2D eigenvalue weighted by atomic mass is 15.0. The fourth-order valence-electron chi connectivity index (χ4n) is 1.19. The Hall–Kier alpha value is -2.00. The lowest BCUT2D eigenvalue weighted by atomic mass is 10.1. The Morgan fingerprint density at radius 2 is 2.40 bits per heavy atom. The fourth-order valence-corrected chi connectivity index (χ4v) is 1.19. The van der Waals surface area contributed by atoms with Crippen molar-refractivity contribution in [2.45, 2.75) is 25.8 Å². The molecule has 0 aliphatic carbocycles. The summed E-state index contributed by atoms with van der Waals surface area (Å²) in [5, 5.41) is 11.8. The molecule has 3 heteroatoms. The van der Waals surface area contributed by atoms with Crippen LogP contribution in [0, 0.1) is 23.7 Å². The lowest BCUT2D eigenvalue weighted by Gasteiger charge is -2.14. The van der Waals surface area contributed by atoms with Crippen LogP contribution in [0.4, 0.5) is 5.82 Å². The second kappa shape index (κ2) is 5.67. The summed E-state index contributed by atoms with van der Waals surface area (Å²) in [6.45, 7) is 2.07. The van der Waals surface area contributed by atoms with Crippen LogP contribution in [0.1, 0.15) is 25.3 Å². The molecule has 15 heavy (non-hydrogen) atoms. The molecule has 76 valence electrons. The van der Waals surface area contributed by atoms with Crippen LogP contribution in [0.3, 0.4) is 0 Å². The van der Waals surface area contributed by atoms with E-state index in [0.717, 1.165) is 12.2 Å². The monoisotopic (exact) mass is 199 g/mol. The van der Waals surface area contributed by atoms with Crippen molar-refractivity contribution >= 4 is 5.82 Å². The van der Waals surface area contributed by atoms with Crippen molar-refractivity contribution in [1.29, 1.82) is 5.26 Å². The number of hydrogen-bond donors (Lipinski definition) is 1. The molecule has 0 saturated carbocycles. The van der Waals surface area contributed by atoms with Gasteiger partial charge in [-0.1, -0.05) is 6.92 Å². The normalized spacial score (nSPS) is 11.1. The highest BCUT2D eigenvalue weighted by molar-refractivity contribution is 5.39. The molecular formula is C12H13N3. The van der Waals surface area contributed by atoms with Gasteiger partial charge in [-0.25, -0.2) is 4.98 Å². The van der Waals surface area contributed by atoms with E-state index in [4.69, 9.17) is 11.7 Å². The third-order valence-corrected chi connectivity index (χ3v) is 2.10. The number of hydrogen-bond acceptors (Lipinski definition) is 3. The third kappa shape index (κ3) is 3.32. The van der Waals surface area contributed by atoms with Crippen LogP contribution in [0.15, 0.2) is 18.3 Å². The molecule has 0 saturated heterocycles. The predicted molar refractivity (Wildman–Crippen MR) is 60.1 cm³/mol. The third-order valence-electron chi connectivity index (χ3n) is 2.10. The van der Waals surface area contributed by atoms with E-state index in [9.17, 15) is 0 Å². The molecule has 0 aliphatic heterocycles. The molecule has 0 radical (unpaired) electrons. The second-order valence-corrected chi connectivity index (χ2v) is 3.20. The molecule has 1 aromatic rings. The van der Waals surface area contributed by atoms with E-state index in [-0.39, 0.29) is 6.04 Å². The first kappa shape index (κ1) is 11.1. The smallest absolute Gasteiger partial charge is 0.126 e. The number of nitriles is 1. The number of nitrogens with zero attached hydrogens (tertiary/aromatic N) is 2. The van der Waals surface area contributed by atoms with Gasteiger partial charge in [-0.2, -0.15) is 5.26 Å². The van der Waals surface area contributed by atoms with E-state index in [1.54, 1.807) is 18.3 Å². The average molecular weight is 199 g/mol. The van der Waals surface area contributed by atoms with Gasteiger partial charge in [-0.15, -0.1) is 12.3 Å². The van der Waals surface area contributed by atoms with Crippen molar-refractivity contribution in [1.82, 2.24) is 4.98 Å². The molecular weight excluding hydrogens is 186 g/mol. The molecule has 1 atom stereocenters. The SMILES string of the molecule is C#CCC(CC)Nc1ccc(C#N)cn1. The van der Waals surface area contributed by atoms with Crippen LogP contribution >= 0.6 is 0 Å². The van der Waals surface area contributed by atoms with Crippen LogP contribution in [-0.4, -0.2) is 11.0 Å². The maximum atomic E-state index is 8.60. The van der Waals surface area contributed by atoms with E-state index in [2.05, 4.69) is 23.1 Å². The van der Waals surface area contributed by atoms with E-state index in [1.165, 1.54) is 0 Å². The summed E-state index contributed by atoms with van der Waals surface area (Å²) in [4.78, 5) is 4.12. The number of aromatic nitrogens is 1. The Morgan fingerprint density at radius 3 is 2.87 bits per heavy atom. The van der Waals surface area contributed by atoms with Gasteiger partial charge in [-0.3, -0.25) is 0 Å². The standard InChI is InChI=1S/C12H13N3/c1-3-5-11(4-2)15-12-7-6-10(8-13)9-14-12/h1,6-7,9,11H,4-5H2,2H3,(H,14,15). The molecule has 0 spiro atoms. The minimum atomic E-state index is 0.246. The van der Waals surface area contributed by atoms with Crippen LogP contribution < -0.4 is 5.32 Å². The summed E-state index contributed by atoms with van der Waals surface area (Å²) in [5.74, 6) is 3.38. The van der Waals surface area contributed by atoms with Gasteiger partial charge in [0.25, 0.3) is 0 Å². The van der Waals surface area contributed by atoms with Crippen molar-refractivity contribution in [3.63, 3.8) is 0 Å². The molecule has 1 rings (SSSR count). The molecule has 0 aromatic carbocycles. The summed E-state index contributed by atoms with van der Waals surface area (Å²) in [5.41, 5.74) is 0.561. The number of anilines is 1. The van der Waals surface area contributed by atoms with E-state index < -0.39 is 0 Å². The minimum absolute atomic E-state index is 0.246. The first-order valence-electron chi connectivity index (χ1n) is 4.86. The minimum Gasteiger partial charge on any atom is -0.366 e. The maximum absolute atomic E-state index is 8.60. The van der Waals surface area contributed by atoms with Crippen molar-refractivity contribution in [3.8, 4) is 18.4 Å². The molecule has 1 N–H and O–H groups in total. The summed E-state index contributed by atoms with van der Waals surface area (Å²) in [6.07, 6.45) is 8.43. The molecule has 0 amide bonds. The Kier molecular flexibility index (Phi) is 4.19. The van der Waals surface area contributed by atoms with E-state index in [1.807, 2.05) is 6.07 Å². The van der Waals surface area contributed by atoms with Crippen LogP contribution in [0.5, 0.6) is 0 Å². The molecule has 0 bridgehead atoms. The van der Waals surface area contributed by atoms with Gasteiger partial charge in [0.1, 0.15) is 11.9 Å². The zero-order valence-corrected chi connectivity index (χ0v) is 8.70. The molecule has 0 aliphatic rings. The fraction of sp³-hybridized carbons (Fsp3) is 0.333. The van der Waals surface area contributed by atoms with E-state index >= 15 is 0 Å². The molecule has 1 heterocycles. The summed E-state index contributed by atoms with van der Waals surface area (Å²) >= 11 is 0. The van der Waals surface area contributed by atoms with Gasteiger partial charge >= 0.3 is 0 Å². The summed E-state index contributed by atoms with van der Waals surface area (Å²) < 4.78 is 0. The lowest BCUT2D eigenvalue weighted by molar-refractivity contribution is 0.711. The zero-order valence-electron chi connectivity index (χ0n) is 8.70. The van der Waals surface area contributed by atoms with Crippen molar-refractivity contribution < 1.29 is 0 Å². The van der Waals surface area contributed by atoms with Crippen LogP contribution in [-0.2, 0) is 0 Å². The molecule has 3 nitrogen and oxygen atoms in total. The van der Waals surface area contributed by atoms with Gasteiger partial charge in [0.2, 0.25) is 0 Å². The van der Waals surface area contributed by atoms with Gasteiger partial charge < -0.3 is 5.32 Å². The summed E-state index contributed by atoms with van der Waals surface area (Å²) in [6, 6.07) is 5.79. The van der Waals surface area contributed by atoms with E-state index in [0.29, 0.717) is 12.0 Å². The average Bonchev–Trinajstić information content (AvgIpc) is 2.29. The molecule has 0 fully saturated rings. The highest BCUT2D eigenvalue weighted by Gasteiger charge is 2.04. The highest BCUT2D eigenvalue weighted by Crippen LogP contribution is 2.09. The summed E-state index contributed by atoms with van der Waals surface area (Å²) in [7, 11) is 0. The Bertz CT molecular complexity index is 381. The van der Waals surface area contributed by atoms with Gasteiger partial charge in [0, 0.05) is 18.7 Å². The zero-order chi connectivity index (χ0) is 11.1. The van der Waals surface area contributed by atoms with Crippen LogP contribution in [0.2, 0.25) is 0 Å². The van der Waals surface area contributed by atoms with Crippen LogP contribution in [0.25, 0.3) is 0 Å².